The molecule has 8 heteroatoms. The molecule has 0 saturated carbocycles. The van der Waals surface area contributed by atoms with E-state index in [-0.39, 0.29) is 5.69 Å². The summed E-state index contributed by atoms with van der Waals surface area (Å²) in [6.45, 7) is 0. The minimum absolute atomic E-state index is 0.145. The van der Waals surface area contributed by atoms with Gasteiger partial charge in [0.25, 0.3) is 0 Å². The Morgan fingerprint density at radius 3 is 2.35 bits per heavy atom. The van der Waals surface area contributed by atoms with E-state index >= 15 is 0 Å². The van der Waals surface area contributed by atoms with Gasteiger partial charge in [-0.15, -0.1) is 0 Å². The van der Waals surface area contributed by atoms with Crippen molar-refractivity contribution in [1.29, 1.82) is 0 Å². The van der Waals surface area contributed by atoms with Crippen molar-refractivity contribution in [2.24, 2.45) is 5.73 Å². The molecule has 0 unspecified atom stereocenters. The Hall–Kier alpha value is -2.74. The molecule has 3 rings (SSSR count). The Morgan fingerprint density at radius 1 is 1.04 bits per heavy atom. The maximum atomic E-state index is 13.0. The second kappa shape index (κ2) is 6.53. The van der Waals surface area contributed by atoms with Crippen LogP contribution in [0.5, 0.6) is 11.5 Å². The SMILES string of the molecule is COc1ccc([C@@H]2[C@@H](N)C(=O)N2c2cccc(C(F)(F)F)c2)cc1OC. The molecule has 1 amide bonds. The van der Waals surface area contributed by atoms with Crippen LogP contribution in [0, 0.1) is 0 Å². The summed E-state index contributed by atoms with van der Waals surface area (Å²) in [5.41, 5.74) is 5.89. The summed E-state index contributed by atoms with van der Waals surface area (Å²) in [4.78, 5) is 13.5. The van der Waals surface area contributed by atoms with Crippen molar-refractivity contribution in [1.82, 2.24) is 0 Å². The predicted molar refractivity (Wildman–Crippen MR) is 89.2 cm³/mol. The summed E-state index contributed by atoms with van der Waals surface area (Å²) in [6.07, 6.45) is -4.50. The van der Waals surface area contributed by atoms with E-state index in [0.29, 0.717) is 17.1 Å². The first-order valence-corrected chi connectivity index (χ1v) is 7.75. The van der Waals surface area contributed by atoms with Crippen LogP contribution in [-0.2, 0) is 11.0 Å². The lowest BCUT2D eigenvalue weighted by molar-refractivity contribution is -0.137. The maximum absolute atomic E-state index is 13.0. The third-order valence-corrected chi connectivity index (χ3v) is 4.34. The highest BCUT2D eigenvalue weighted by atomic mass is 19.4. The Morgan fingerprint density at radius 2 is 1.73 bits per heavy atom. The second-order valence-electron chi connectivity index (χ2n) is 5.84. The fourth-order valence-corrected chi connectivity index (χ4v) is 3.02. The number of benzene rings is 2. The number of anilines is 1. The van der Waals surface area contributed by atoms with Crippen LogP contribution in [-0.4, -0.2) is 26.2 Å². The van der Waals surface area contributed by atoms with E-state index in [1.807, 2.05) is 0 Å². The first-order chi connectivity index (χ1) is 12.3. The second-order valence-corrected chi connectivity index (χ2v) is 5.84. The van der Waals surface area contributed by atoms with Crippen molar-refractivity contribution in [3.63, 3.8) is 0 Å². The lowest BCUT2D eigenvalue weighted by Gasteiger charge is -2.45. The van der Waals surface area contributed by atoms with Gasteiger partial charge >= 0.3 is 6.18 Å². The van der Waals surface area contributed by atoms with Crippen molar-refractivity contribution in [3.05, 3.63) is 53.6 Å². The molecule has 1 saturated heterocycles. The van der Waals surface area contributed by atoms with Crippen LogP contribution in [0.3, 0.4) is 0 Å². The number of hydrogen-bond acceptors (Lipinski definition) is 4. The zero-order chi connectivity index (χ0) is 19.1. The molecule has 26 heavy (non-hydrogen) atoms. The number of methoxy groups -OCH3 is 2. The van der Waals surface area contributed by atoms with Crippen LogP contribution >= 0.6 is 0 Å². The first kappa shape index (κ1) is 18.1. The molecule has 0 radical (unpaired) electrons. The number of alkyl halides is 3. The summed E-state index contributed by atoms with van der Waals surface area (Å²) in [5, 5.41) is 0. The Bertz CT molecular complexity index is 839. The zero-order valence-electron chi connectivity index (χ0n) is 14.1. The van der Waals surface area contributed by atoms with Gasteiger partial charge in [-0.05, 0) is 35.9 Å². The molecule has 0 aromatic heterocycles. The van der Waals surface area contributed by atoms with Gasteiger partial charge in [-0.3, -0.25) is 4.79 Å². The van der Waals surface area contributed by atoms with Gasteiger partial charge in [0.2, 0.25) is 5.91 Å². The number of nitrogens with zero attached hydrogens (tertiary/aromatic N) is 1. The molecule has 138 valence electrons. The van der Waals surface area contributed by atoms with Crippen LogP contribution in [0.2, 0.25) is 0 Å². The Kier molecular flexibility index (Phi) is 4.53. The average molecular weight is 366 g/mol. The summed E-state index contributed by atoms with van der Waals surface area (Å²) < 4.78 is 49.3. The zero-order valence-corrected chi connectivity index (χ0v) is 14.1. The largest absolute Gasteiger partial charge is 0.493 e. The molecule has 0 aliphatic carbocycles. The molecule has 0 bridgehead atoms. The van der Waals surface area contributed by atoms with Crippen molar-refractivity contribution in [2.75, 3.05) is 19.1 Å². The normalized spacial score (nSPS) is 19.9. The summed E-state index contributed by atoms with van der Waals surface area (Å²) >= 11 is 0. The highest BCUT2D eigenvalue weighted by Gasteiger charge is 2.47. The topological polar surface area (TPSA) is 64.8 Å². The number of amides is 1. The molecular weight excluding hydrogens is 349 g/mol. The van der Waals surface area contributed by atoms with E-state index in [9.17, 15) is 18.0 Å². The number of carbonyl (C=O) groups is 1. The number of β-lactam (4-membered cyclic amide) rings is 1. The molecule has 1 fully saturated rings. The van der Waals surface area contributed by atoms with E-state index in [4.69, 9.17) is 15.2 Å². The van der Waals surface area contributed by atoms with Gasteiger partial charge in [0, 0.05) is 5.69 Å². The molecule has 1 heterocycles. The summed E-state index contributed by atoms with van der Waals surface area (Å²) in [5.74, 6) is 0.505. The van der Waals surface area contributed by atoms with Gasteiger partial charge in [-0.1, -0.05) is 12.1 Å². The fourth-order valence-electron chi connectivity index (χ4n) is 3.02. The van der Waals surface area contributed by atoms with Gasteiger partial charge in [0.1, 0.15) is 6.04 Å². The molecule has 1 aliphatic heterocycles. The number of rotatable bonds is 4. The van der Waals surface area contributed by atoms with Gasteiger partial charge in [-0.25, -0.2) is 0 Å². The smallest absolute Gasteiger partial charge is 0.416 e. The van der Waals surface area contributed by atoms with Crippen molar-refractivity contribution in [3.8, 4) is 11.5 Å². The highest BCUT2D eigenvalue weighted by molar-refractivity contribution is 6.05. The average Bonchev–Trinajstić information content (AvgIpc) is 2.64. The lowest BCUT2D eigenvalue weighted by atomic mass is 9.88. The summed E-state index contributed by atoms with van der Waals surface area (Å²) in [7, 11) is 2.96. The van der Waals surface area contributed by atoms with Crippen LogP contribution in [0.4, 0.5) is 18.9 Å². The van der Waals surface area contributed by atoms with Crippen molar-refractivity contribution in [2.45, 2.75) is 18.3 Å². The molecule has 5 nitrogen and oxygen atoms in total. The third-order valence-electron chi connectivity index (χ3n) is 4.34. The van der Waals surface area contributed by atoms with Gasteiger partial charge in [0.05, 0.1) is 25.8 Å². The molecular formula is C18H17F3N2O3. The van der Waals surface area contributed by atoms with Crippen molar-refractivity contribution >= 4 is 11.6 Å². The fraction of sp³-hybridized carbons (Fsp3) is 0.278. The Balaban J connectivity index is 1.99. The molecule has 2 atom stereocenters. The van der Waals surface area contributed by atoms with Crippen LogP contribution < -0.4 is 20.1 Å². The monoisotopic (exact) mass is 366 g/mol. The number of nitrogens with two attached hydrogens (primary N) is 1. The number of ether oxygens (including phenoxy) is 2. The van der Waals surface area contributed by atoms with E-state index in [1.165, 1.54) is 31.3 Å². The molecule has 1 aliphatic rings. The van der Waals surface area contributed by atoms with Crippen LogP contribution in [0.25, 0.3) is 0 Å². The maximum Gasteiger partial charge on any atom is 0.416 e. The third kappa shape index (κ3) is 2.96. The lowest BCUT2D eigenvalue weighted by Crippen LogP contribution is -2.63. The van der Waals surface area contributed by atoms with Crippen LogP contribution in [0.1, 0.15) is 17.2 Å². The quantitative estimate of drug-likeness (QED) is 0.845. The van der Waals surface area contributed by atoms with Gasteiger partial charge in [0.15, 0.2) is 11.5 Å². The molecule has 0 spiro atoms. The predicted octanol–water partition coefficient (Wildman–Crippen LogP) is 3.14. The number of halogens is 3. The number of carbonyl (C=O) groups excluding carboxylic acids is 1. The molecule has 2 aromatic carbocycles. The first-order valence-electron chi connectivity index (χ1n) is 7.75. The molecule has 2 aromatic rings. The molecule has 2 N–H and O–H groups in total. The minimum Gasteiger partial charge on any atom is -0.493 e. The van der Waals surface area contributed by atoms with E-state index in [1.54, 1.807) is 18.2 Å². The van der Waals surface area contributed by atoms with E-state index in [0.717, 1.165) is 12.1 Å². The van der Waals surface area contributed by atoms with Gasteiger partial charge < -0.3 is 20.1 Å². The summed E-state index contributed by atoms with van der Waals surface area (Å²) in [6, 6.07) is 8.21. The Labute approximate surface area is 148 Å². The van der Waals surface area contributed by atoms with Crippen LogP contribution in [0.15, 0.2) is 42.5 Å². The van der Waals surface area contributed by atoms with Crippen molar-refractivity contribution < 1.29 is 27.4 Å². The standard InChI is InChI=1S/C18H17F3N2O3/c1-25-13-7-6-10(8-14(13)26-2)16-15(22)17(24)23(16)12-5-3-4-11(9-12)18(19,20)21/h3-9,15-16H,22H2,1-2H3/t15-,16-/m1/s1. The van der Waals surface area contributed by atoms with E-state index in [2.05, 4.69) is 0 Å². The minimum atomic E-state index is -4.50. The number of hydrogen-bond donors (Lipinski definition) is 1. The highest BCUT2D eigenvalue weighted by Crippen LogP contribution is 2.42. The van der Waals surface area contributed by atoms with Gasteiger partial charge in [-0.2, -0.15) is 13.2 Å². The van der Waals surface area contributed by atoms with E-state index < -0.39 is 29.7 Å².